The molecule has 0 saturated carbocycles. The first-order valence-electron chi connectivity index (χ1n) is 6.25. The summed E-state index contributed by atoms with van der Waals surface area (Å²) in [5.41, 5.74) is 0.578. The Balaban J connectivity index is 2.46. The van der Waals surface area contributed by atoms with E-state index >= 15 is 0 Å². The predicted molar refractivity (Wildman–Crippen MR) is 74.3 cm³/mol. The van der Waals surface area contributed by atoms with Gasteiger partial charge in [0, 0.05) is 6.92 Å². The molecule has 2 aromatic carbocycles. The van der Waals surface area contributed by atoms with Crippen LogP contribution in [0.4, 0.5) is 4.39 Å². The zero-order valence-electron chi connectivity index (χ0n) is 11.7. The van der Waals surface area contributed by atoms with Crippen LogP contribution in [0.25, 0.3) is 0 Å². The molecule has 1 unspecified atom stereocenters. The van der Waals surface area contributed by atoms with E-state index in [-0.39, 0.29) is 5.56 Å². The van der Waals surface area contributed by atoms with Crippen molar-refractivity contribution in [2.75, 3.05) is 7.11 Å². The molecular formula is C16H17FO3. The first-order valence-corrected chi connectivity index (χ1v) is 6.25. The minimum absolute atomic E-state index is 0.281. The first kappa shape index (κ1) is 14.3. The summed E-state index contributed by atoms with van der Waals surface area (Å²) in [5, 5.41) is 10.6. The number of methoxy groups -OCH3 is 1. The van der Waals surface area contributed by atoms with Gasteiger partial charge in [-0.05, 0) is 36.8 Å². The van der Waals surface area contributed by atoms with Crippen molar-refractivity contribution in [1.29, 1.82) is 0 Å². The Hall–Kier alpha value is -2.07. The lowest BCUT2D eigenvalue weighted by Crippen LogP contribution is -2.30. The van der Waals surface area contributed by atoms with Gasteiger partial charge >= 0.3 is 0 Å². The van der Waals surface area contributed by atoms with Crippen LogP contribution in [0.15, 0.2) is 42.5 Å². The number of rotatable bonds is 4. The Labute approximate surface area is 117 Å². The van der Waals surface area contributed by atoms with Gasteiger partial charge in [-0.2, -0.15) is 0 Å². The molecule has 0 fully saturated rings. The Morgan fingerprint density at radius 2 is 1.75 bits per heavy atom. The molecule has 20 heavy (non-hydrogen) atoms. The zero-order valence-corrected chi connectivity index (χ0v) is 11.7. The standard InChI is InChI=1S/C16H17FO3/c1-11-13(17)9-10-14(19-3)15(11)16(2,18)20-12-7-5-4-6-8-12/h4-10,18H,1-3H3. The molecule has 0 aliphatic rings. The topological polar surface area (TPSA) is 38.7 Å². The fourth-order valence-corrected chi connectivity index (χ4v) is 2.18. The van der Waals surface area contributed by atoms with Crippen LogP contribution in [-0.2, 0) is 5.79 Å². The minimum Gasteiger partial charge on any atom is -0.496 e. The van der Waals surface area contributed by atoms with E-state index in [2.05, 4.69) is 0 Å². The van der Waals surface area contributed by atoms with Gasteiger partial charge in [-0.15, -0.1) is 0 Å². The minimum atomic E-state index is -1.70. The molecule has 1 N–H and O–H groups in total. The average molecular weight is 276 g/mol. The van der Waals surface area contributed by atoms with Crippen molar-refractivity contribution >= 4 is 0 Å². The molecule has 0 aliphatic carbocycles. The highest BCUT2D eigenvalue weighted by molar-refractivity contribution is 5.44. The third-order valence-corrected chi connectivity index (χ3v) is 3.10. The van der Waals surface area contributed by atoms with Crippen LogP contribution in [0, 0.1) is 12.7 Å². The predicted octanol–water partition coefficient (Wildman–Crippen LogP) is 3.39. The van der Waals surface area contributed by atoms with Crippen molar-refractivity contribution in [2.24, 2.45) is 0 Å². The first-order chi connectivity index (χ1) is 9.45. The smallest absolute Gasteiger partial charge is 0.236 e. The van der Waals surface area contributed by atoms with E-state index in [1.165, 1.54) is 26.2 Å². The number of aliphatic hydroxyl groups is 1. The van der Waals surface area contributed by atoms with Gasteiger partial charge < -0.3 is 14.6 Å². The van der Waals surface area contributed by atoms with Crippen molar-refractivity contribution in [2.45, 2.75) is 19.6 Å². The highest BCUT2D eigenvalue weighted by Crippen LogP contribution is 2.35. The Morgan fingerprint density at radius 3 is 2.35 bits per heavy atom. The molecule has 0 bridgehead atoms. The van der Waals surface area contributed by atoms with E-state index < -0.39 is 11.6 Å². The molecule has 0 amide bonds. The summed E-state index contributed by atoms with van der Waals surface area (Å²) in [6, 6.07) is 11.6. The maximum absolute atomic E-state index is 13.7. The molecule has 2 rings (SSSR count). The summed E-state index contributed by atoms with van der Waals surface area (Å²) in [7, 11) is 1.47. The number of ether oxygens (including phenoxy) is 2. The monoisotopic (exact) mass is 276 g/mol. The largest absolute Gasteiger partial charge is 0.496 e. The number of para-hydroxylation sites is 1. The average Bonchev–Trinajstić information content (AvgIpc) is 2.42. The highest BCUT2D eigenvalue weighted by atomic mass is 19.1. The quantitative estimate of drug-likeness (QED) is 0.870. The fourth-order valence-electron chi connectivity index (χ4n) is 2.18. The van der Waals surface area contributed by atoms with Crippen LogP contribution < -0.4 is 9.47 Å². The second-order valence-electron chi connectivity index (χ2n) is 4.65. The highest BCUT2D eigenvalue weighted by Gasteiger charge is 2.32. The molecular weight excluding hydrogens is 259 g/mol. The lowest BCUT2D eigenvalue weighted by atomic mass is 9.99. The van der Waals surface area contributed by atoms with E-state index in [4.69, 9.17) is 9.47 Å². The third-order valence-electron chi connectivity index (χ3n) is 3.10. The number of halogens is 1. The number of hydrogen-bond donors (Lipinski definition) is 1. The summed E-state index contributed by atoms with van der Waals surface area (Å²) in [6.45, 7) is 3.04. The summed E-state index contributed by atoms with van der Waals surface area (Å²) >= 11 is 0. The molecule has 0 radical (unpaired) electrons. The maximum atomic E-state index is 13.7. The van der Waals surface area contributed by atoms with Gasteiger partial charge in [0.2, 0.25) is 5.79 Å². The molecule has 106 valence electrons. The van der Waals surface area contributed by atoms with Crippen molar-refractivity contribution in [3.63, 3.8) is 0 Å². The van der Waals surface area contributed by atoms with Gasteiger partial charge in [0.15, 0.2) is 0 Å². The second-order valence-corrected chi connectivity index (χ2v) is 4.65. The van der Waals surface area contributed by atoms with Gasteiger partial charge in [-0.3, -0.25) is 0 Å². The van der Waals surface area contributed by atoms with Crippen molar-refractivity contribution < 1.29 is 19.0 Å². The van der Waals surface area contributed by atoms with Gasteiger partial charge in [0.05, 0.1) is 12.7 Å². The molecule has 0 heterocycles. The van der Waals surface area contributed by atoms with E-state index in [1.54, 1.807) is 31.2 Å². The summed E-state index contributed by atoms with van der Waals surface area (Å²) < 4.78 is 24.5. The van der Waals surface area contributed by atoms with Crippen LogP contribution in [0.2, 0.25) is 0 Å². The van der Waals surface area contributed by atoms with Crippen LogP contribution in [0.3, 0.4) is 0 Å². The van der Waals surface area contributed by atoms with Crippen molar-refractivity contribution in [3.8, 4) is 11.5 Å². The number of benzene rings is 2. The number of hydrogen-bond acceptors (Lipinski definition) is 3. The normalized spacial score (nSPS) is 13.7. The Kier molecular flexibility index (Phi) is 3.95. The van der Waals surface area contributed by atoms with Gasteiger partial charge in [0.1, 0.15) is 17.3 Å². The van der Waals surface area contributed by atoms with Crippen molar-refractivity contribution in [1.82, 2.24) is 0 Å². The SMILES string of the molecule is COc1ccc(F)c(C)c1C(C)(O)Oc1ccccc1. The van der Waals surface area contributed by atoms with E-state index in [0.717, 1.165) is 0 Å². The second kappa shape index (κ2) is 5.51. The van der Waals surface area contributed by atoms with E-state index in [9.17, 15) is 9.50 Å². The molecule has 0 aliphatic heterocycles. The lowest BCUT2D eigenvalue weighted by molar-refractivity contribution is -0.130. The summed E-state index contributed by atoms with van der Waals surface area (Å²) in [6.07, 6.45) is 0. The van der Waals surface area contributed by atoms with Crippen LogP contribution in [0.1, 0.15) is 18.1 Å². The Morgan fingerprint density at radius 1 is 1.10 bits per heavy atom. The lowest BCUT2D eigenvalue weighted by Gasteiger charge is -2.28. The maximum Gasteiger partial charge on any atom is 0.236 e. The van der Waals surface area contributed by atoms with E-state index in [1.807, 2.05) is 6.07 Å². The third kappa shape index (κ3) is 2.75. The van der Waals surface area contributed by atoms with Gasteiger partial charge in [-0.25, -0.2) is 4.39 Å². The van der Waals surface area contributed by atoms with Crippen LogP contribution in [-0.4, -0.2) is 12.2 Å². The molecule has 0 saturated heterocycles. The van der Waals surface area contributed by atoms with Crippen LogP contribution in [0.5, 0.6) is 11.5 Å². The fraction of sp³-hybridized carbons (Fsp3) is 0.250. The van der Waals surface area contributed by atoms with Gasteiger partial charge in [0.25, 0.3) is 0 Å². The summed E-state index contributed by atoms with van der Waals surface area (Å²) in [4.78, 5) is 0. The molecule has 1 atom stereocenters. The van der Waals surface area contributed by atoms with Crippen molar-refractivity contribution in [3.05, 3.63) is 59.4 Å². The van der Waals surface area contributed by atoms with Gasteiger partial charge in [-0.1, -0.05) is 18.2 Å². The molecule has 0 aromatic heterocycles. The van der Waals surface area contributed by atoms with E-state index in [0.29, 0.717) is 17.1 Å². The van der Waals surface area contributed by atoms with Crippen LogP contribution >= 0.6 is 0 Å². The molecule has 4 heteroatoms. The molecule has 2 aromatic rings. The zero-order chi connectivity index (χ0) is 14.8. The summed E-state index contributed by atoms with van der Waals surface area (Å²) in [5.74, 6) is -1.25. The Bertz CT molecular complexity index is 594. The molecule has 0 spiro atoms. The molecule has 3 nitrogen and oxygen atoms in total.